The smallest absolute Gasteiger partial charge is 0.407 e. The number of carbonyl (C=O) groups excluding carboxylic acids is 1. The van der Waals surface area contributed by atoms with Crippen molar-refractivity contribution in [2.75, 3.05) is 0 Å². The van der Waals surface area contributed by atoms with Crippen molar-refractivity contribution < 1.29 is 9.53 Å². The molecule has 16 heavy (non-hydrogen) atoms. The van der Waals surface area contributed by atoms with Crippen LogP contribution in [0.2, 0.25) is 0 Å². The van der Waals surface area contributed by atoms with Crippen molar-refractivity contribution in [3.05, 3.63) is 28.5 Å². The molecular weight excluding hydrogens is 272 g/mol. The van der Waals surface area contributed by atoms with E-state index in [1.807, 2.05) is 32.9 Å². The van der Waals surface area contributed by atoms with Crippen LogP contribution in [0.4, 0.5) is 4.79 Å². The van der Waals surface area contributed by atoms with Gasteiger partial charge in [0, 0.05) is 18.3 Å². The van der Waals surface area contributed by atoms with Gasteiger partial charge in [-0.05, 0) is 42.8 Å². The third-order valence-electron chi connectivity index (χ3n) is 1.66. The maximum Gasteiger partial charge on any atom is 0.407 e. The van der Waals surface area contributed by atoms with Gasteiger partial charge in [0.25, 0.3) is 0 Å². The molecule has 0 aliphatic heterocycles. The van der Waals surface area contributed by atoms with Crippen LogP contribution in [-0.2, 0) is 11.3 Å². The van der Waals surface area contributed by atoms with Crippen LogP contribution >= 0.6 is 15.9 Å². The Morgan fingerprint density at radius 3 is 2.81 bits per heavy atom. The van der Waals surface area contributed by atoms with Gasteiger partial charge in [-0.2, -0.15) is 0 Å². The third-order valence-corrected chi connectivity index (χ3v) is 2.37. The van der Waals surface area contributed by atoms with Crippen molar-refractivity contribution in [1.29, 1.82) is 0 Å². The second kappa shape index (κ2) is 5.30. The van der Waals surface area contributed by atoms with Gasteiger partial charge in [-0.3, -0.25) is 0 Å². The lowest BCUT2D eigenvalue weighted by molar-refractivity contribution is 0.0523. The Bertz CT molecular complexity index is 374. The first-order chi connectivity index (χ1) is 7.38. The van der Waals surface area contributed by atoms with Gasteiger partial charge in [0.05, 0.1) is 0 Å². The molecule has 0 saturated heterocycles. The topological polar surface area (TPSA) is 51.2 Å². The van der Waals surface area contributed by atoms with Gasteiger partial charge in [0.2, 0.25) is 0 Å². The van der Waals surface area contributed by atoms with E-state index in [4.69, 9.17) is 4.74 Å². The first kappa shape index (κ1) is 13.0. The highest BCUT2D eigenvalue weighted by Gasteiger charge is 2.15. The van der Waals surface area contributed by atoms with E-state index in [9.17, 15) is 4.79 Å². The molecule has 1 aromatic rings. The molecule has 0 radical (unpaired) electrons. The summed E-state index contributed by atoms with van der Waals surface area (Å²) < 4.78 is 5.84. The van der Waals surface area contributed by atoms with Gasteiger partial charge in [0.1, 0.15) is 10.2 Å². The average molecular weight is 287 g/mol. The highest BCUT2D eigenvalue weighted by atomic mass is 79.9. The molecular formula is C11H15BrN2O2. The first-order valence-electron chi connectivity index (χ1n) is 4.95. The quantitative estimate of drug-likeness (QED) is 0.851. The molecule has 0 unspecified atom stereocenters. The molecule has 1 amide bonds. The summed E-state index contributed by atoms with van der Waals surface area (Å²) >= 11 is 3.30. The largest absolute Gasteiger partial charge is 0.444 e. The van der Waals surface area contributed by atoms with Gasteiger partial charge < -0.3 is 10.1 Å². The van der Waals surface area contributed by atoms with Gasteiger partial charge in [-0.25, -0.2) is 9.78 Å². The lowest BCUT2D eigenvalue weighted by Gasteiger charge is -2.19. The Morgan fingerprint density at radius 2 is 2.25 bits per heavy atom. The summed E-state index contributed by atoms with van der Waals surface area (Å²) in [4.78, 5) is 15.4. The van der Waals surface area contributed by atoms with Crippen molar-refractivity contribution >= 4 is 22.0 Å². The average Bonchev–Trinajstić information content (AvgIpc) is 2.14. The molecule has 0 aliphatic rings. The zero-order valence-corrected chi connectivity index (χ0v) is 11.2. The van der Waals surface area contributed by atoms with Crippen molar-refractivity contribution in [3.63, 3.8) is 0 Å². The Morgan fingerprint density at radius 1 is 1.56 bits per heavy atom. The van der Waals surface area contributed by atoms with Crippen molar-refractivity contribution in [1.82, 2.24) is 10.3 Å². The maximum atomic E-state index is 11.4. The van der Waals surface area contributed by atoms with Gasteiger partial charge in [-0.1, -0.05) is 6.07 Å². The summed E-state index contributed by atoms with van der Waals surface area (Å²) in [6, 6.07) is 3.70. The molecule has 1 aromatic heterocycles. The van der Waals surface area contributed by atoms with E-state index in [1.165, 1.54) is 0 Å². The minimum absolute atomic E-state index is 0.392. The summed E-state index contributed by atoms with van der Waals surface area (Å²) in [7, 11) is 0. The number of ether oxygens (including phenoxy) is 1. The molecule has 1 N–H and O–H groups in total. The first-order valence-corrected chi connectivity index (χ1v) is 5.74. The molecule has 0 saturated carbocycles. The Kier molecular flexibility index (Phi) is 4.29. The van der Waals surface area contributed by atoms with Crippen LogP contribution in [0.1, 0.15) is 26.3 Å². The van der Waals surface area contributed by atoms with Crippen molar-refractivity contribution in [3.8, 4) is 0 Å². The number of amides is 1. The number of halogens is 1. The highest BCUT2D eigenvalue weighted by molar-refractivity contribution is 9.10. The number of hydrogen-bond donors (Lipinski definition) is 1. The molecule has 0 aliphatic carbocycles. The van der Waals surface area contributed by atoms with Crippen LogP contribution in [-0.4, -0.2) is 16.7 Å². The van der Waals surface area contributed by atoms with E-state index in [-0.39, 0.29) is 0 Å². The summed E-state index contributed by atoms with van der Waals surface area (Å²) in [6.07, 6.45) is 1.25. The van der Waals surface area contributed by atoms with Gasteiger partial charge in [-0.15, -0.1) is 0 Å². The SMILES string of the molecule is CC(C)(C)OC(=O)NCc1cccnc1Br. The van der Waals surface area contributed by atoms with Crippen LogP contribution in [0.5, 0.6) is 0 Å². The number of aromatic nitrogens is 1. The number of pyridine rings is 1. The fraction of sp³-hybridized carbons (Fsp3) is 0.455. The molecule has 0 fully saturated rings. The second-order valence-corrected chi connectivity index (χ2v) is 5.06. The summed E-state index contributed by atoms with van der Waals surface area (Å²) in [6.45, 7) is 5.87. The molecule has 1 rings (SSSR count). The normalized spacial score (nSPS) is 11.0. The molecule has 88 valence electrons. The zero-order valence-electron chi connectivity index (χ0n) is 9.58. The monoisotopic (exact) mass is 286 g/mol. The number of rotatable bonds is 2. The van der Waals surface area contributed by atoms with E-state index < -0.39 is 11.7 Å². The minimum atomic E-state index is -0.476. The highest BCUT2D eigenvalue weighted by Crippen LogP contribution is 2.12. The Hall–Kier alpha value is -1.10. The van der Waals surface area contributed by atoms with Crippen LogP contribution in [0, 0.1) is 0 Å². The Labute approximate surface area is 104 Å². The van der Waals surface area contributed by atoms with E-state index in [1.54, 1.807) is 6.20 Å². The number of alkyl carbamates (subject to hydrolysis) is 1. The van der Waals surface area contributed by atoms with Crippen LogP contribution in [0.25, 0.3) is 0 Å². The molecule has 1 heterocycles. The van der Waals surface area contributed by atoms with Crippen molar-refractivity contribution in [2.45, 2.75) is 32.9 Å². The minimum Gasteiger partial charge on any atom is -0.444 e. The van der Waals surface area contributed by atoms with Gasteiger partial charge in [0.15, 0.2) is 0 Å². The van der Waals surface area contributed by atoms with E-state index in [2.05, 4.69) is 26.2 Å². The fourth-order valence-corrected chi connectivity index (χ4v) is 1.42. The molecule has 4 nitrogen and oxygen atoms in total. The summed E-state index contributed by atoms with van der Waals surface area (Å²) in [5, 5.41) is 2.67. The molecule has 0 atom stereocenters. The van der Waals surface area contributed by atoms with E-state index in [0.717, 1.165) is 10.2 Å². The van der Waals surface area contributed by atoms with Crippen LogP contribution < -0.4 is 5.32 Å². The lowest BCUT2D eigenvalue weighted by atomic mass is 10.2. The zero-order chi connectivity index (χ0) is 12.2. The lowest BCUT2D eigenvalue weighted by Crippen LogP contribution is -2.32. The maximum absolute atomic E-state index is 11.4. The number of nitrogens with zero attached hydrogens (tertiary/aromatic N) is 1. The number of hydrogen-bond acceptors (Lipinski definition) is 3. The molecule has 0 bridgehead atoms. The fourth-order valence-electron chi connectivity index (χ4n) is 1.03. The predicted molar refractivity (Wildman–Crippen MR) is 65.0 cm³/mol. The predicted octanol–water partition coefficient (Wildman–Crippen LogP) is 2.87. The standard InChI is InChI=1S/C11H15BrN2O2/c1-11(2,3)16-10(15)14-7-8-5-4-6-13-9(8)12/h4-6H,7H2,1-3H3,(H,14,15). The number of carbonyl (C=O) groups is 1. The van der Waals surface area contributed by atoms with Crippen LogP contribution in [0.3, 0.4) is 0 Å². The summed E-state index contributed by atoms with van der Waals surface area (Å²) in [5.74, 6) is 0. The molecule has 0 spiro atoms. The second-order valence-electron chi connectivity index (χ2n) is 4.31. The van der Waals surface area contributed by atoms with Crippen LogP contribution in [0.15, 0.2) is 22.9 Å². The number of nitrogens with one attached hydrogen (secondary N) is 1. The molecule has 5 heteroatoms. The molecule has 0 aromatic carbocycles. The van der Waals surface area contributed by atoms with E-state index in [0.29, 0.717) is 6.54 Å². The van der Waals surface area contributed by atoms with Crippen molar-refractivity contribution in [2.24, 2.45) is 0 Å². The Balaban J connectivity index is 2.47. The van der Waals surface area contributed by atoms with Gasteiger partial charge >= 0.3 is 6.09 Å². The summed E-state index contributed by atoms with van der Waals surface area (Å²) in [5.41, 5.74) is 0.435. The van der Waals surface area contributed by atoms with E-state index >= 15 is 0 Å². The third kappa shape index (κ3) is 4.61.